The summed E-state index contributed by atoms with van der Waals surface area (Å²) in [5, 5.41) is 9.07. The minimum Gasteiger partial charge on any atom is -0.491 e. The van der Waals surface area contributed by atoms with Gasteiger partial charge in [0.1, 0.15) is 24.2 Å². The summed E-state index contributed by atoms with van der Waals surface area (Å²) in [6, 6.07) is 12.5. The molecule has 0 aliphatic carbocycles. The Morgan fingerprint density at radius 1 is 1.09 bits per heavy atom. The van der Waals surface area contributed by atoms with Gasteiger partial charge < -0.3 is 19.5 Å². The van der Waals surface area contributed by atoms with Crippen molar-refractivity contribution >= 4 is 11.9 Å². The average Bonchev–Trinajstić information content (AvgIpc) is 3.14. The van der Waals surface area contributed by atoms with Crippen LogP contribution in [0, 0.1) is 12.8 Å². The standard InChI is InChI=1S/C27H35NO5/c1-17(2)12-26(29)28-15-23(33-25-13-19(5)6-11-24(25)18(3)4)14-21(28)16-32-22-9-7-20(8-10-22)27(30)31/h6-11,13,17-18,21,23H,12,14-16H2,1-5H3,(H,30,31). The number of carbonyl (C=O) groups excluding carboxylic acids is 1. The quantitative estimate of drug-likeness (QED) is 0.558. The van der Waals surface area contributed by atoms with E-state index in [1.54, 1.807) is 12.1 Å². The van der Waals surface area contributed by atoms with Crippen LogP contribution in [0.25, 0.3) is 0 Å². The fraction of sp³-hybridized carbons (Fsp3) is 0.481. The lowest BCUT2D eigenvalue weighted by molar-refractivity contribution is -0.133. The van der Waals surface area contributed by atoms with Gasteiger partial charge in [-0.25, -0.2) is 4.79 Å². The first-order valence-electron chi connectivity index (χ1n) is 11.7. The highest BCUT2D eigenvalue weighted by Crippen LogP contribution is 2.31. The number of carboxylic acid groups (broad SMARTS) is 1. The smallest absolute Gasteiger partial charge is 0.335 e. The molecule has 1 fully saturated rings. The van der Waals surface area contributed by atoms with Gasteiger partial charge in [-0.1, -0.05) is 39.8 Å². The molecular formula is C27H35NO5. The van der Waals surface area contributed by atoms with Gasteiger partial charge in [0.25, 0.3) is 0 Å². The Labute approximate surface area is 196 Å². The van der Waals surface area contributed by atoms with E-state index in [-0.39, 0.29) is 29.5 Å². The lowest BCUT2D eigenvalue weighted by atomic mass is 10.0. The van der Waals surface area contributed by atoms with Gasteiger partial charge in [-0.2, -0.15) is 0 Å². The van der Waals surface area contributed by atoms with Gasteiger partial charge in [0.15, 0.2) is 0 Å². The number of hydrogen-bond donors (Lipinski definition) is 1. The summed E-state index contributed by atoms with van der Waals surface area (Å²) < 4.78 is 12.4. The number of amides is 1. The van der Waals surface area contributed by atoms with E-state index in [1.807, 2.05) is 18.7 Å². The molecule has 0 saturated carbocycles. The van der Waals surface area contributed by atoms with Crippen LogP contribution >= 0.6 is 0 Å². The second kappa shape index (κ2) is 10.7. The van der Waals surface area contributed by atoms with Gasteiger partial charge in [0.2, 0.25) is 5.91 Å². The van der Waals surface area contributed by atoms with E-state index in [9.17, 15) is 9.59 Å². The third kappa shape index (κ3) is 6.50. The normalized spacial score (nSPS) is 18.1. The first kappa shape index (κ1) is 24.6. The van der Waals surface area contributed by atoms with E-state index >= 15 is 0 Å². The zero-order chi connectivity index (χ0) is 24.1. The second-order valence-corrected chi connectivity index (χ2v) is 9.61. The van der Waals surface area contributed by atoms with Gasteiger partial charge in [0, 0.05) is 12.8 Å². The SMILES string of the molecule is Cc1ccc(C(C)C)c(OC2CC(COc3ccc(C(=O)O)cc3)N(C(=O)CC(C)C)C2)c1. The number of rotatable bonds is 9. The first-order valence-corrected chi connectivity index (χ1v) is 11.7. The van der Waals surface area contributed by atoms with Crippen molar-refractivity contribution in [2.24, 2.45) is 5.92 Å². The molecule has 0 radical (unpaired) electrons. The lowest BCUT2D eigenvalue weighted by Crippen LogP contribution is -2.39. The van der Waals surface area contributed by atoms with Crippen LogP contribution in [0.3, 0.4) is 0 Å². The molecule has 1 N–H and O–H groups in total. The van der Waals surface area contributed by atoms with E-state index < -0.39 is 5.97 Å². The molecule has 1 aliphatic rings. The monoisotopic (exact) mass is 453 g/mol. The van der Waals surface area contributed by atoms with E-state index in [0.717, 1.165) is 11.3 Å². The Morgan fingerprint density at radius 3 is 2.39 bits per heavy atom. The molecule has 0 spiro atoms. The summed E-state index contributed by atoms with van der Waals surface area (Å²) in [6.45, 7) is 11.3. The van der Waals surface area contributed by atoms with Crippen molar-refractivity contribution in [1.29, 1.82) is 0 Å². The van der Waals surface area contributed by atoms with Crippen LogP contribution < -0.4 is 9.47 Å². The van der Waals surface area contributed by atoms with E-state index in [4.69, 9.17) is 14.6 Å². The molecule has 3 rings (SSSR count). The topological polar surface area (TPSA) is 76.1 Å². The van der Waals surface area contributed by atoms with E-state index in [1.165, 1.54) is 17.7 Å². The molecule has 1 saturated heterocycles. The number of carbonyl (C=O) groups is 2. The van der Waals surface area contributed by atoms with Crippen molar-refractivity contribution in [1.82, 2.24) is 4.90 Å². The third-order valence-corrected chi connectivity index (χ3v) is 5.91. The molecule has 0 aromatic heterocycles. The van der Waals surface area contributed by atoms with Crippen molar-refractivity contribution in [3.63, 3.8) is 0 Å². The van der Waals surface area contributed by atoms with Crippen LogP contribution in [0.5, 0.6) is 11.5 Å². The zero-order valence-electron chi connectivity index (χ0n) is 20.2. The average molecular weight is 454 g/mol. The predicted octanol–water partition coefficient (Wildman–Crippen LogP) is 5.29. The predicted molar refractivity (Wildman–Crippen MR) is 128 cm³/mol. The maximum Gasteiger partial charge on any atom is 0.335 e. The van der Waals surface area contributed by atoms with Gasteiger partial charge in [-0.3, -0.25) is 4.79 Å². The van der Waals surface area contributed by atoms with Crippen LogP contribution in [0.2, 0.25) is 0 Å². The molecule has 6 heteroatoms. The zero-order valence-corrected chi connectivity index (χ0v) is 20.2. The first-order chi connectivity index (χ1) is 15.6. The number of benzene rings is 2. The lowest BCUT2D eigenvalue weighted by Gasteiger charge is -2.25. The molecule has 6 nitrogen and oxygen atoms in total. The molecule has 33 heavy (non-hydrogen) atoms. The maximum absolute atomic E-state index is 13.0. The fourth-order valence-electron chi connectivity index (χ4n) is 4.18. The molecule has 178 valence electrons. The molecule has 1 aliphatic heterocycles. The van der Waals surface area contributed by atoms with Crippen LogP contribution in [0.1, 0.15) is 67.9 Å². The fourth-order valence-corrected chi connectivity index (χ4v) is 4.18. The largest absolute Gasteiger partial charge is 0.491 e. The summed E-state index contributed by atoms with van der Waals surface area (Å²) in [7, 11) is 0. The molecule has 2 aromatic carbocycles. The summed E-state index contributed by atoms with van der Waals surface area (Å²) in [6.07, 6.45) is 1.06. The number of likely N-dealkylation sites (tertiary alicyclic amines) is 1. The van der Waals surface area contributed by atoms with Crippen LogP contribution in [-0.2, 0) is 4.79 Å². The van der Waals surface area contributed by atoms with Crippen molar-refractivity contribution in [2.45, 2.75) is 65.5 Å². The molecule has 0 bridgehead atoms. The van der Waals surface area contributed by atoms with Crippen molar-refractivity contribution in [3.8, 4) is 11.5 Å². The van der Waals surface area contributed by atoms with Gasteiger partial charge in [0.05, 0.1) is 18.2 Å². The minimum absolute atomic E-state index is 0.104. The van der Waals surface area contributed by atoms with Crippen LogP contribution in [0.4, 0.5) is 0 Å². The summed E-state index contributed by atoms with van der Waals surface area (Å²) >= 11 is 0. The third-order valence-electron chi connectivity index (χ3n) is 5.91. The molecule has 1 heterocycles. The van der Waals surface area contributed by atoms with E-state index in [0.29, 0.717) is 37.7 Å². The summed E-state index contributed by atoms with van der Waals surface area (Å²) in [5.41, 5.74) is 2.52. The molecular weight excluding hydrogens is 418 g/mol. The second-order valence-electron chi connectivity index (χ2n) is 9.61. The highest BCUT2D eigenvalue weighted by atomic mass is 16.5. The Bertz CT molecular complexity index is 967. The highest BCUT2D eigenvalue weighted by molar-refractivity contribution is 5.87. The number of aryl methyl sites for hydroxylation is 1. The Morgan fingerprint density at radius 2 is 1.79 bits per heavy atom. The maximum atomic E-state index is 13.0. The van der Waals surface area contributed by atoms with Crippen molar-refractivity contribution in [2.75, 3.05) is 13.2 Å². The summed E-state index contributed by atoms with van der Waals surface area (Å²) in [5.74, 6) is 1.22. The van der Waals surface area contributed by atoms with Crippen LogP contribution in [-0.4, -0.2) is 47.2 Å². The number of ether oxygens (including phenoxy) is 2. The van der Waals surface area contributed by atoms with Crippen LogP contribution in [0.15, 0.2) is 42.5 Å². The molecule has 2 unspecified atom stereocenters. The van der Waals surface area contributed by atoms with Crippen molar-refractivity contribution < 1.29 is 24.2 Å². The molecule has 2 atom stereocenters. The Balaban J connectivity index is 1.73. The number of hydrogen-bond acceptors (Lipinski definition) is 4. The molecule has 2 aromatic rings. The van der Waals surface area contributed by atoms with Crippen molar-refractivity contribution in [3.05, 3.63) is 59.2 Å². The number of nitrogens with zero attached hydrogens (tertiary/aromatic N) is 1. The van der Waals surface area contributed by atoms with Gasteiger partial charge in [-0.05, 0) is 60.2 Å². The summed E-state index contributed by atoms with van der Waals surface area (Å²) in [4.78, 5) is 25.9. The van der Waals surface area contributed by atoms with Gasteiger partial charge in [-0.15, -0.1) is 0 Å². The molecule has 1 amide bonds. The Hall–Kier alpha value is -3.02. The number of aromatic carboxylic acids is 1. The highest BCUT2D eigenvalue weighted by Gasteiger charge is 2.37. The van der Waals surface area contributed by atoms with E-state index in [2.05, 4.69) is 39.0 Å². The Kier molecular flexibility index (Phi) is 8.01. The van der Waals surface area contributed by atoms with Gasteiger partial charge >= 0.3 is 5.97 Å². The number of carboxylic acids is 1. The minimum atomic E-state index is -0.972.